The van der Waals surface area contributed by atoms with E-state index in [0.717, 1.165) is 9.24 Å². The molecule has 0 unspecified atom stereocenters. The maximum absolute atomic E-state index is 10.7. The maximum Gasteiger partial charge on any atom is 0.274 e. The third-order valence-electron chi connectivity index (χ3n) is 1.96. The molecule has 0 aliphatic heterocycles. The number of aliphatic hydroxyl groups excluding tert-OH is 1. The van der Waals surface area contributed by atoms with Gasteiger partial charge in [-0.1, -0.05) is 11.8 Å². The zero-order valence-corrected chi connectivity index (χ0v) is 10.1. The second-order valence-corrected chi connectivity index (χ2v) is 5.12. The Kier molecular flexibility index (Phi) is 3.67. The highest BCUT2D eigenvalue weighted by molar-refractivity contribution is 8.01. The number of benzene rings is 1. The Hall–Kier alpha value is -1.51. The van der Waals surface area contributed by atoms with Crippen molar-refractivity contribution in [2.24, 2.45) is 0 Å². The summed E-state index contributed by atoms with van der Waals surface area (Å²) in [7, 11) is 0. The lowest BCUT2D eigenvalue weighted by molar-refractivity contribution is -0.385. The molecular weight excluding hydrogens is 262 g/mol. The van der Waals surface area contributed by atoms with Gasteiger partial charge in [-0.2, -0.15) is 4.37 Å². The van der Waals surface area contributed by atoms with E-state index in [0.29, 0.717) is 5.56 Å². The summed E-state index contributed by atoms with van der Waals surface area (Å²) in [6.45, 7) is -0.360. The molecular formula is C9H7N3O3S2. The molecule has 1 aromatic carbocycles. The van der Waals surface area contributed by atoms with Crippen molar-refractivity contribution in [2.75, 3.05) is 0 Å². The van der Waals surface area contributed by atoms with Gasteiger partial charge in [0.1, 0.15) is 6.33 Å². The molecule has 88 valence electrons. The lowest BCUT2D eigenvalue weighted by Crippen LogP contribution is -1.95. The van der Waals surface area contributed by atoms with Gasteiger partial charge in [-0.05, 0) is 23.7 Å². The smallest absolute Gasteiger partial charge is 0.274 e. The molecule has 0 saturated heterocycles. The first-order chi connectivity index (χ1) is 8.20. The number of nitro groups is 1. The van der Waals surface area contributed by atoms with E-state index in [-0.39, 0.29) is 12.3 Å². The predicted molar refractivity (Wildman–Crippen MR) is 63.1 cm³/mol. The van der Waals surface area contributed by atoms with Gasteiger partial charge in [-0.3, -0.25) is 10.1 Å². The average molecular weight is 269 g/mol. The summed E-state index contributed by atoms with van der Waals surface area (Å²) < 4.78 is 4.61. The van der Waals surface area contributed by atoms with Crippen LogP contribution < -0.4 is 0 Å². The quantitative estimate of drug-likeness (QED) is 0.675. The van der Waals surface area contributed by atoms with Crippen LogP contribution in [0.15, 0.2) is 33.8 Å². The van der Waals surface area contributed by atoms with E-state index in [1.807, 2.05) is 0 Å². The van der Waals surface area contributed by atoms with Crippen molar-refractivity contribution >= 4 is 29.0 Å². The van der Waals surface area contributed by atoms with Crippen molar-refractivity contribution in [1.29, 1.82) is 0 Å². The van der Waals surface area contributed by atoms with Gasteiger partial charge in [0.05, 0.1) is 17.1 Å². The average Bonchev–Trinajstić information content (AvgIpc) is 2.81. The fourth-order valence-electron chi connectivity index (χ4n) is 1.24. The van der Waals surface area contributed by atoms with Gasteiger partial charge in [0, 0.05) is 11.0 Å². The van der Waals surface area contributed by atoms with Gasteiger partial charge in [0.25, 0.3) is 5.69 Å². The Bertz CT molecular complexity index is 530. The van der Waals surface area contributed by atoms with Crippen LogP contribution in [0, 0.1) is 10.1 Å². The lowest BCUT2D eigenvalue weighted by atomic mass is 10.2. The molecule has 0 aliphatic carbocycles. The molecule has 0 aliphatic rings. The molecule has 1 heterocycles. The minimum atomic E-state index is -0.509. The summed E-state index contributed by atoms with van der Waals surface area (Å²) in [4.78, 5) is 15.0. The summed E-state index contributed by atoms with van der Waals surface area (Å²) in [5, 5.41) is 19.8. The monoisotopic (exact) mass is 269 g/mol. The predicted octanol–water partition coefficient (Wildman–Crippen LogP) is 2.09. The second kappa shape index (κ2) is 5.21. The Balaban J connectivity index is 2.28. The largest absolute Gasteiger partial charge is 0.391 e. The fraction of sp³-hybridized carbons (Fsp3) is 0.111. The van der Waals surface area contributed by atoms with Crippen LogP contribution in [0.1, 0.15) is 5.56 Å². The van der Waals surface area contributed by atoms with E-state index in [1.165, 1.54) is 35.7 Å². The van der Waals surface area contributed by atoms with E-state index in [4.69, 9.17) is 5.11 Å². The third kappa shape index (κ3) is 2.78. The highest BCUT2D eigenvalue weighted by Gasteiger charge is 2.14. The van der Waals surface area contributed by atoms with Crippen LogP contribution in [0.5, 0.6) is 0 Å². The van der Waals surface area contributed by atoms with Gasteiger partial charge in [0.15, 0.2) is 4.34 Å². The third-order valence-corrected chi connectivity index (χ3v) is 3.67. The van der Waals surface area contributed by atoms with Gasteiger partial charge in [-0.15, -0.1) is 0 Å². The molecule has 0 bridgehead atoms. The van der Waals surface area contributed by atoms with E-state index in [1.54, 1.807) is 12.1 Å². The summed E-state index contributed by atoms with van der Waals surface area (Å²) >= 11 is 2.60. The van der Waals surface area contributed by atoms with E-state index in [9.17, 15) is 10.1 Å². The van der Waals surface area contributed by atoms with Crippen LogP contribution in [0.4, 0.5) is 5.69 Å². The first-order valence-electron chi connectivity index (χ1n) is 4.53. The Morgan fingerprint density at radius 2 is 2.35 bits per heavy atom. The first kappa shape index (κ1) is 12.0. The number of hydrogen-bond donors (Lipinski definition) is 1. The van der Waals surface area contributed by atoms with Crippen LogP contribution in [-0.2, 0) is 6.61 Å². The van der Waals surface area contributed by atoms with Crippen molar-refractivity contribution in [2.45, 2.75) is 15.8 Å². The zero-order chi connectivity index (χ0) is 12.3. The molecule has 0 spiro atoms. The molecule has 0 fully saturated rings. The molecule has 0 amide bonds. The Morgan fingerprint density at radius 1 is 1.53 bits per heavy atom. The molecule has 0 saturated carbocycles. The summed E-state index contributed by atoms with van der Waals surface area (Å²) in [6.07, 6.45) is 1.45. The summed E-state index contributed by atoms with van der Waals surface area (Å²) in [5.74, 6) is 0. The van der Waals surface area contributed by atoms with E-state index >= 15 is 0 Å². The van der Waals surface area contributed by atoms with Crippen molar-refractivity contribution < 1.29 is 10.0 Å². The lowest BCUT2D eigenvalue weighted by Gasteiger charge is -2.02. The van der Waals surface area contributed by atoms with Crippen LogP contribution >= 0.6 is 23.3 Å². The normalized spacial score (nSPS) is 10.4. The van der Waals surface area contributed by atoms with Crippen LogP contribution in [0.25, 0.3) is 0 Å². The minimum absolute atomic E-state index is 0.0749. The van der Waals surface area contributed by atoms with Crippen LogP contribution in [-0.4, -0.2) is 19.4 Å². The highest BCUT2D eigenvalue weighted by atomic mass is 32.2. The molecule has 6 nitrogen and oxygen atoms in total. The zero-order valence-electron chi connectivity index (χ0n) is 8.44. The van der Waals surface area contributed by atoms with Crippen molar-refractivity contribution in [1.82, 2.24) is 9.36 Å². The van der Waals surface area contributed by atoms with Gasteiger partial charge >= 0.3 is 0 Å². The Labute approximate surface area is 105 Å². The van der Waals surface area contributed by atoms with E-state index in [2.05, 4.69) is 9.36 Å². The summed E-state index contributed by atoms with van der Waals surface area (Å²) in [6, 6.07) is 4.60. The topological polar surface area (TPSA) is 89.2 Å². The molecule has 0 atom stereocenters. The molecule has 2 aromatic rings. The highest BCUT2D eigenvalue weighted by Crippen LogP contribution is 2.31. The van der Waals surface area contributed by atoms with Crippen molar-refractivity contribution in [3.63, 3.8) is 0 Å². The molecule has 2 rings (SSSR count). The van der Waals surface area contributed by atoms with Crippen molar-refractivity contribution in [3.8, 4) is 0 Å². The minimum Gasteiger partial charge on any atom is -0.391 e. The number of aliphatic hydroxyl groups is 1. The number of hydrogen-bond acceptors (Lipinski definition) is 7. The molecule has 17 heavy (non-hydrogen) atoms. The molecule has 1 N–H and O–H groups in total. The van der Waals surface area contributed by atoms with Crippen molar-refractivity contribution in [3.05, 3.63) is 40.2 Å². The van der Waals surface area contributed by atoms with Crippen LogP contribution in [0.3, 0.4) is 0 Å². The van der Waals surface area contributed by atoms with Crippen LogP contribution in [0.2, 0.25) is 0 Å². The fourth-order valence-corrected chi connectivity index (χ4v) is 2.72. The number of aromatic nitrogens is 2. The second-order valence-electron chi connectivity index (χ2n) is 3.01. The van der Waals surface area contributed by atoms with E-state index < -0.39 is 4.92 Å². The molecule has 0 radical (unpaired) electrons. The SMILES string of the molecule is O=[N+]([O-])c1ccc(Sc2ncns2)cc1CO. The first-order valence-corrected chi connectivity index (χ1v) is 6.12. The molecule has 1 aromatic heterocycles. The maximum atomic E-state index is 10.7. The van der Waals surface area contributed by atoms with Gasteiger partial charge < -0.3 is 5.11 Å². The number of nitro benzene ring substituents is 1. The standard InChI is InChI=1S/C9H7N3O3S2/c13-4-6-3-7(1-2-8(6)12(14)15)16-9-10-5-11-17-9/h1-3,5,13H,4H2. The number of nitrogens with zero attached hydrogens (tertiary/aromatic N) is 3. The summed E-state index contributed by atoms with van der Waals surface area (Å²) in [5.41, 5.74) is 0.221. The molecule has 8 heteroatoms. The Morgan fingerprint density at radius 3 is 2.94 bits per heavy atom. The van der Waals surface area contributed by atoms with Gasteiger partial charge in [-0.25, -0.2) is 4.98 Å². The van der Waals surface area contributed by atoms with Gasteiger partial charge in [0.2, 0.25) is 0 Å². The number of rotatable bonds is 4.